The van der Waals surface area contributed by atoms with Crippen molar-refractivity contribution in [2.24, 2.45) is 11.3 Å². The number of thiazole rings is 1. The van der Waals surface area contributed by atoms with Crippen LogP contribution in [0.15, 0.2) is 29.8 Å². The summed E-state index contributed by atoms with van der Waals surface area (Å²) in [6.07, 6.45) is 1.28. The number of carbonyl (C=O) groups is 3. The SMILES string of the molecule is Cc1ncsc1-c1ccc(CNC(=O)C2CC(O)CN2C(=O)C(NC(=O)COCCCC2CNC2)C(C)(C)C)cc1. The number of nitrogens with one attached hydrogen (secondary N) is 3. The Kier molecular flexibility index (Phi) is 10.5. The topological polar surface area (TPSA) is 133 Å². The second-order valence-corrected chi connectivity index (χ2v) is 13.0. The van der Waals surface area contributed by atoms with E-state index in [1.807, 2.05) is 57.5 Å². The molecule has 4 rings (SSSR count). The number of β-amino-alcohol motifs (C(OH)–C–C–N with tert-alkyl or cyclic N) is 1. The van der Waals surface area contributed by atoms with Gasteiger partial charge >= 0.3 is 0 Å². The Labute approximate surface area is 246 Å². The molecule has 2 aromatic rings. The van der Waals surface area contributed by atoms with E-state index in [4.69, 9.17) is 4.74 Å². The molecule has 2 aliphatic heterocycles. The zero-order valence-corrected chi connectivity index (χ0v) is 25.3. The Morgan fingerprint density at radius 1 is 1.22 bits per heavy atom. The fraction of sp³-hybridized carbons (Fsp3) is 0.600. The molecule has 3 heterocycles. The van der Waals surface area contributed by atoms with Gasteiger partial charge in [-0.3, -0.25) is 14.4 Å². The quantitative estimate of drug-likeness (QED) is 0.281. The van der Waals surface area contributed by atoms with Crippen molar-refractivity contribution in [1.29, 1.82) is 0 Å². The summed E-state index contributed by atoms with van der Waals surface area (Å²) in [5, 5.41) is 19.4. The number of rotatable bonds is 12. The van der Waals surface area contributed by atoms with Crippen LogP contribution in [-0.4, -0.2) is 83.7 Å². The fourth-order valence-electron chi connectivity index (χ4n) is 5.17. The van der Waals surface area contributed by atoms with E-state index in [1.165, 1.54) is 4.90 Å². The van der Waals surface area contributed by atoms with Crippen LogP contribution in [0, 0.1) is 18.3 Å². The summed E-state index contributed by atoms with van der Waals surface area (Å²) >= 11 is 1.59. The predicted octanol–water partition coefficient (Wildman–Crippen LogP) is 2.24. The minimum atomic E-state index is -0.872. The molecule has 1 aromatic heterocycles. The van der Waals surface area contributed by atoms with Crippen LogP contribution < -0.4 is 16.0 Å². The second-order valence-electron chi connectivity index (χ2n) is 12.2. The first kappa shape index (κ1) is 31.1. The van der Waals surface area contributed by atoms with Gasteiger partial charge in [0.15, 0.2) is 0 Å². The molecule has 3 amide bonds. The number of ether oxygens (including phenoxy) is 1. The minimum Gasteiger partial charge on any atom is -0.391 e. The normalized spacial score (nSPS) is 20.0. The van der Waals surface area contributed by atoms with Gasteiger partial charge in [0.05, 0.1) is 22.2 Å². The molecule has 2 saturated heterocycles. The van der Waals surface area contributed by atoms with Crippen molar-refractivity contribution >= 4 is 29.1 Å². The standard InChI is InChI=1S/C30H43N5O5S/c1-19-26(41-18-33-19)22-9-7-20(8-10-22)15-32-28(38)24-12-23(36)16-35(24)29(39)27(30(2,3)4)34-25(37)17-40-11-5-6-21-13-31-14-21/h7-10,18,21,23-24,27,31,36H,5-6,11-17H2,1-4H3,(H,32,38)(H,34,37). The molecule has 0 radical (unpaired) electrons. The minimum absolute atomic E-state index is 0.0365. The van der Waals surface area contributed by atoms with Crippen molar-refractivity contribution in [1.82, 2.24) is 25.8 Å². The summed E-state index contributed by atoms with van der Waals surface area (Å²) < 4.78 is 5.55. The van der Waals surface area contributed by atoms with Gasteiger partial charge in [0, 0.05) is 26.1 Å². The van der Waals surface area contributed by atoms with E-state index in [-0.39, 0.29) is 37.3 Å². The van der Waals surface area contributed by atoms with Gasteiger partial charge in [0.25, 0.3) is 0 Å². The molecule has 2 aliphatic rings. The Bertz CT molecular complexity index is 1190. The summed E-state index contributed by atoms with van der Waals surface area (Å²) in [6.45, 7) is 10.3. The molecule has 224 valence electrons. The first-order valence-electron chi connectivity index (χ1n) is 14.4. The Hall–Kier alpha value is -2.86. The molecule has 2 fully saturated rings. The number of nitrogens with zero attached hydrogens (tertiary/aromatic N) is 2. The molecule has 3 atom stereocenters. The third kappa shape index (κ3) is 8.34. The maximum atomic E-state index is 13.7. The molecule has 41 heavy (non-hydrogen) atoms. The van der Waals surface area contributed by atoms with Crippen LogP contribution in [-0.2, 0) is 25.7 Å². The molecule has 1 aromatic carbocycles. The zero-order valence-electron chi connectivity index (χ0n) is 24.4. The van der Waals surface area contributed by atoms with Crippen molar-refractivity contribution in [3.8, 4) is 10.4 Å². The highest BCUT2D eigenvalue weighted by Gasteiger charge is 2.44. The van der Waals surface area contributed by atoms with Gasteiger partial charge in [-0.15, -0.1) is 11.3 Å². The average Bonchev–Trinajstić information content (AvgIpc) is 3.51. The fourth-order valence-corrected chi connectivity index (χ4v) is 5.99. The number of aliphatic hydroxyl groups excluding tert-OH is 1. The second kappa shape index (κ2) is 13.9. The molecular weight excluding hydrogens is 542 g/mol. The van der Waals surface area contributed by atoms with Crippen LogP contribution in [0.3, 0.4) is 0 Å². The van der Waals surface area contributed by atoms with E-state index in [2.05, 4.69) is 20.9 Å². The zero-order chi connectivity index (χ0) is 29.6. The first-order valence-corrected chi connectivity index (χ1v) is 15.2. The number of benzene rings is 1. The summed E-state index contributed by atoms with van der Waals surface area (Å²) in [4.78, 5) is 46.4. The summed E-state index contributed by atoms with van der Waals surface area (Å²) in [5.41, 5.74) is 4.18. The van der Waals surface area contributed by atoms with Gasteiger partial charge in [0.1, 0.15) is 18.7 Å². The maximum absolute atomic E-state index is 13.7. The van der Waals surface area contributed by atoms with Crippen LogP contribution in [0.2, 0.25) is 0 Å². The molecule has 0 bridgehead atoms. The molecule has 0 saturated carbocycles. The number of likely N-dealkylation sites (tertiary alicyclic amines) is 1. The largest absolute Gasteiger partial charge is 0.391 e. The predicted molar refractivity (Wildman–Crippen MR) is 158 cm³/mol. The van der Waals surface area contributed by atoms with Crippen molar-refractivity contribution in [2.75, 3.05) is 32.8 Å². The van der Waals surface area contributed by atoms with Crippen LogP contribution in [0.4, 0.5) is 0 Å². The van der Waals surface area contributed by atoms with E-state index >= 15 is 0 Å². The smallest absolute Gasteiger partial charge is 0.246 e. The number of aromatic nitrogens is 1. The van der Waals surface area contributed by atoms with Crippen LogP contribution in [0.25, 0.3) is 10.4 Å². The lowest BCUT2D eigenvalue weighted by molar-refractivity contribution is -0.144. The third-order valence-corrected chi connectivity index (χ3v) is 8.69. The molecule has 0 spiro atoms. The number of hydrogen-bond donors (Lipinski definition) is 4. The van der Waals surface area contributed by atoms with Gasteiger partial charge in [-0.2, -0.15) is 0 Å². The van der Waals surface area contributed by atoms with Gasteiger partial charge in [0.2, 0.25) is 17.7 Å². The highest BCUT2D eigenvalue weighted by atomic mass is 32.1. The van der Waals surface area contributed by atoms with Gasteiger partial charge in [-0.05, 0) is 55.3 Å². The van der Waals surface area contributed by atoms with Crippen molar-refractivity contribution < 1.29 is 24.2 Å². The Balaban J connectivity index is 1.31. The number of aliphatic hydroxyl groups is 1. The first-order chi connectivity index (χ1) is 19.5. The highest BCUT2D eigenvalue weighted by molar-refractivity contribution is 7.13. The third-order valence-electron chi connectivity index (χ3n) is 7.71. The molecule has 4 N–H and O–H groups in total. The Morgan fingerprint density at radius 3 is 2.56 bits per heavy atom. The molecule has 11 heteroatoms. The van der Waals surface area contributed by atoms with E-state index in [1.54, 1.807) is 11.3 Å². The average molecular weight is 586 g/mol. The summed E-state index contributed by atoms with van der Waals surface area (Å²) in [5.74, 6) is -0.401. The molecule has 0 aliphatic carbocycles. The molecule has 3 unspecified atom stereocenters. The lowest BCUT2D eigenvalue weighted by atomic mass is 9.85. The van der Waals surface area contributed by atoms with Crippen molar-refractivity contribution in [3.05, 3.63) is 41.0 Å². The van der Waals surface area contributed by atoms with Gasteiger partial charge in [-0.1, -0.05) is 45.0 Å². The van der Waals surface area contributed by atoms with Crippen molar-refractivity contribution in [3.63, 3.8) is 0 Å². The molecular formula is C30H43N5O5S. The number of amides is 3. The lowest BCUT2D eigenvalue weighted by Gasteiger charge is -2.35. The van der Waals surface area contributed by atoms with Gasteiger partial charge < -0.3 is 30.7 Å². The van der Waals surface area contributed by atoms with E-state index < -0.39 is 23.6 Å². The van der Waals surface area contributed by atoms with Crippen LogP contribution in [0.5, 0.6) is 0 Å². The van der Waals surface area contributed by atoms with Crippen LogP contribution >= 0.6 is 11.3 Å². The summed E-state index contributed by atoms with van der Waals surface area (Å²) in [7, 11) is 0. The lowest BCUT2D eigenvalue weighted by Crippen LogP contribution is -2.58. The molecule has 10 nitrogen and oxygen atoms in total. The Morgan fingerprint density at radius 2 is 1.95 bits per heavy atom. The van der Waals surface area contributed by atoms with E-state index in [9.17, 15) is 19.5 Å². The number of carbonyl (C=O) groups excluding carboxylic acids is 3. The van der Waals surface area contributed by atoms with Gasteiger partial charge in [-0.25, -0.2) is 4.98 Å². The maximum Gasteiger partial charge on any atom is 0.246 e. The van der Waals surface area contributed by atoms with E-state index in [0.717, 1.165) is 47.6 Å². The number of hydrogen-bond acceptors (Lipinski definition) is 8. The van der Waals surface area contributed by atoms with E-state index in [0.29, 0.717) is 19.1 Å². The number of aryl methyl sites for hydroxylation is 1. The summed E-state index contributed by atoms with van der Waals surface area (Å²) in [6, 6.07) is 6.23. The van der Waals surface area contributed by atoms with Crippen LogP contribution in [0.1, 0.15) is 51.3 Å². The highest BCUT2D eigenvalue weighted by Crippen LogP contribution is 2.28. The monoisotopic (exact) mass is 585 g/mol. The van der Waals surface area contributed by atoms with Crippen molar-refractivity contribution in [2.45, 2.75) is 71.7 Å².